The van der Waals surface area contributed by atoms with Gasteiger partial charge in [-0.3, -0.25) is 4.79 Å². The Morgan fingerprint density at radius 1 is 1.11 bits per heavy atom. The van der Waals surface area contributed by atoms with Crippen molar-refractivity contribution in [1.29, 1.82) is 0 Å². The highest BCUT2D eigenvalue weighted by Crippen LogP contribution is 2.31. The van der Waals surface area contributed by atoms with E-state index in [-0.39, 0.29) is 12.3 Å². The molecule has 0 bridgehead atoms. The number of carboxylic acid groups (broad SMARTS) is 1. The van der Waals surface area contributed by atoms with Crippen LogP contribution in [0.5, 0.6) is 5.75 Å². The summed E-state index contributed by atoms with van der Waals surface area (Å²) in [5.41, 5.74) is 1.25. The van der Waals surface area contributed by atoms with Gasteiger partial charge in [0.2, 0.25) is 0 Å². The molecule has 0 spiro atoms. The van der Waals surface area contributed by atoms with E-state index >= 15 is 0 Å². The summed E-state index contributed by atoms with van der Waals surface area (Å²) in [5.74, 6) is 0.0571. The highest BCUT2D eigenvalue weighted by atomic mass is 16.5. The molecule has 0 radical (unpaired) electrons. The summed E-state index contributed by atoms with van der Waals surface area (Å²) in [7, 11) is 0. The van der Waals surface area contributed by atoms with Gasteiger partial charge in [0.1, 0.15) is 11.5 Å². The highest BCUT2D eigenvalue weighted by Gasteiger charge is 2.26. The Morgan fingerprint density at radius 3 is 2.63 bits per heavy atom. The predicted octanol–water partition coefficient (Wildman–Crippen LogP) is 4.15. The minimum atomic E-state index is -1.27. The topological polar surface area (TPSA) is 83.8 Å². The molecule has 148 valence electrons. The summed E-state index contributed by atoms with van der Waals surface area (Å²) in [5, 5.41) is 17.9. The zero-order chi connectivity index (χ0) is 19.5. The molecule has 1 aliphatic carbocycles. The van der Waals surface area contributed by atoms with E-state index in [1.165, 1.54) is 5.57 Å². The van der Waals surface area contributed by atoms with Crippen LogP contribution in [0, 0.1) is 5.92 Å². The number of allylic oxidation sites excluding steroid dienone is 2. The van der Waals surface area contributed by atoms with Gasteiger partial charge in [-0.15, -0.1) is 0 Å². The third kappa shape index (κ3) is 7.55. The average Bonchev–Trinajstić information content (AvgIpc) is 3.01. The molecule has 1 aliphatic rings. The van der Waals surface area contributed by atoms with Crippen LogP contribution in [0.4, 0.5) is 0 Å². The van der Waals surface area contributed by atoms with Gasteiger partial charge in [0, 0.05) is 12.3 Å². The first kappa shape index (κ1) is 21.2. The van der Waals surface area contributed by atoms with Gasteiger partial charge < -0.3 is 14.9 Å². The second-order valence-corrected chi connectivity index (χ2v) is 7.11. The first-order valence-corrected chi connectivity index (χ1v) is 9.88. The van der Waals surface area contributed by atoms with E-state index in [0.29, 0.717) is 25.2 Å². The number of Topliss-reactive ketones (excluding diaryl/α,β-unsaturated/α-hetero) is 1. The number of benzene rings is 1. The number of rotatable bonds is 13. The number of hydrogen-bond acceptors (Lipinski definition) is 4. The van der Waals surface area contributed by atoms with Crippen molar-refractivity contribution < 1.29 is 24.5 Å². The number of aliphatic carboxylic acids is 1. The van der Waals surface area contributed by atoms with Crippen LogP contribution in [0.1, 0.15) is 57.8 Å². The lowest BCUT2D eigenvalue weighted by Crippen LogP contribution is -2.19. The summed E-state index contributed by atoms with van der Waals surface area (Å²) >= 11 is 0. The van der Waals surface area contributed by atoms with Gasteiger partial charge in [-0.25, -0.2) is 4.79 Å². The SMILES string of the molecule is O=C(O)C(O)CCCCC[C@H]1C(=O)CC=C1CCCCOc1ccccc1. The minimum absolute atomic E-state index is 0.0319. The maximum atomic E-state index is 12.1. The second kappa shape index (κ2) is 11.5. The van der Waals surface area contributed by atoms with Crippen molar-refractivity contribution in [2.24, 2.45) is 5.92 Å². The number of ether oxygens (including phenoxy) is 1. The van der Waals surface area contributed by atoms with Crippen molar-refractivity contribution in [2.45, 2.75) is 63.9 Å². The molecule has 1 aromatic carbocycles. The Balaban J connectivity index is 1.60. The third-order valence-corrected chi connectivity index (χ3v) is 5.03. The quantitative estimate of drug-likeness (QED) is 0.400. The molecule has 5 heteroatoms. The number of carbonyl (C=O) groups excluding carboxylic acids is 1. The summed E-state index contributed by atoms with van der Waals surface area (Å²) in [6.45, 7) is 0.682. The molecule has 2 atom stereocenters. The van der Waals surface area contributed by atoms with Gasteiger partial charge >= 0.3 is 5.97 Å². The molecule has 5 nitrogen and oxygen atoms in total. The summed E-state index contributed by atoms with van der Waals surface area (Å²) in [6, 6.07) is 9.77. The normalized spacial score (nSPS) is 17.6. The molecular weight excluding hydrogens is 344 g/mol. The first-order valence-electron chi connectivity index (χ1n) is 9.88. The molecule has 0 amide bonds. The fourth-order valence-electron chi connectivity index (χ4n) is 3.47. The second-order valence-electron chi connectivity index (χ2n) is 7.11. The number of aliphatic hydroxyl groups excluding tert-OH is 1. The lowest BCUT2D eigenvalue weighted by Gasteiger charge is -2.14. The number of aliphatic hydroxyl groups is 1. The summed E-state index contributed by atoms with van der Waals surface area (Å²) < 4.78 is 5.70. The lowest BCUT2D eigenvalue weighted by atomic mass is 9.90. The molecule has 2 N–H and O–H groups in total. The summed E-state index contributed by atoms with van der Waals surface area (Å²) in [4.78, 5) is 22.7. The number of hydrogen-bond donors (Lipinski definition) is 2. The number of unbranched alkanes of at least 4 members (excludes halogenated alkanes) is 3. The van der Waals surface area contributed by atoms with Crippen LogP contribution >= 0.6 is 0 Å². The van der Waals surface area contributed by atoms with Crippen LogP contribution in [-0.4, -0.2) is 34.7 Å². The van der Waals surface area contributed by atoms with Crippen molar-refractivity contribution in [3.63, 3.8) is 0 Å². The van der Waals surface area contributed by atoms with E-state index in [9.17, 15) is 14.7 Å². The van der Waals surface area contributed by atoms with Crippen molar-refractivity contribution >= 4 is 11.8 Å². The molecular formula is C22H30O5. The number of carbonyl (C=O) groups is 2. The van der Waals surface area contributed by atoms with Crippen molar-refractivity contribution in [3.05, 3.63) is 42.0 Å². The monoisotopic (exact) mass is 374 g/mol. The van der Waals surface area contributed by atoms with E-state index in [2.05, 4.69) is 6.08 Å². The largest absolute Gasteiger partial charge is 0.494 e. The van der Waals surface area contributed by atoms with Gasteiger partial charge in [-0.05, 0) is 44.2 Å². The predicted molar refractivity (Wildman–Crippen MR) is 104 cm³/mol. The van der Waals surface area contributed by atoms with Crippen LogP contribution in [0.3, 0.4) is 0 Å². The Labute approximate surface area is 161 Å². The van der Waals surface area contributed by atoms with E-state index in [1.54, 1.807) is 0 Å². The van der Waals surface area contributed by atoms with Gasteiger partial charge in [0.15, 0.2) is 6.10 Å². The minimum Gasteiger partial charge on any atom is -0.494 e. The van der Waals surface area contributed by atoms with Crippen LogP contribution in [-0.2, 0) is 9.59 Å². The van der Waals surface area contributed by atoms with Gasteiger partial charge in [0.05, 0.1) is 6.61 Å². The molecule has 0 aromatic heterocycles. The number of ketones is 1. The zero-order valence-electron chi connectivity index (χ0n) is 15.8. The number of carboxylic acids is 1. The van der Waals surface area contributed by atoms with Gasteiger partial charge in [-0.1, -0.05) is 49.1 Å². The van der Waals surface area contributed by atoms with Crippen molar-refractivity contribution in [2.75, 3.05) is 6.61 Å². The molecule has 2 rings (SSSR count). The maximum Gasteiger partial charge on any atom is 0.332 e. The van der Waals surface area contributed by atoms with Crippen molar-refractivity contribution in [1.82, 2.24) is 0 Å². The maximum absolute atomic E-state index is 12.1. The zero-order valence-corrected chi connectivity index (χ0v) is 15.8. The highest BCUT2D eigenvalue weighted by molar-refractivity contribution is 5.88. The Bertz CT molecular complexity index is 623. The molecule has 0 saturated carbocycles. The fourth-order valence-corrected chi connectivity index (χ4v) is 3.47. The average molecular weight is 374 g/mol. The molecule has 0 heterocycles. The molecule has 0 aliphatic heterocycles. The smallest absolute Gasteiger partial charge is 0.332 e. The lowest BCUT2D eigenvalue weighted by molar-refractivity contribution is -0.146. The van der Waals surface area contributed by atoms with Crippen LogP contribution in [0.2, 0.25) is 0 Å². The molecule has 1 aromatic rings. The molecule has 1 unspecified atom stereocenters. The fraction of sp³-hybridized carbons (Fsp3) is 0.545. The Kier molecular flexibility index (Phi) is 9.05. The molecule has 0 saturated heterocycles. The Morgan fingerprint density at radius 2 is 1.89 bits per heavy atom. The van der Waals surface area contributed by atoms with Crippen LogP contribution in [0.25, 0.3) is 0 Å². The van der Waals surface area contributed by atoms with E-state index < -0.39 is 12.1 Å². The van der Waals surface area contributed by atoms with E-state index in [0.717, 1.165) is 44.3 Å². The molecule has 27 heavy (non-hydrogen) atoms. The Hall–Kier alpha value is -2.14. The summed E-state index contributed by atoms with van der Waals surface area (Å²) in [6.07, 6.45) is 7.75. The number of para-hydroxylation sites is 1. The van der Waals surface area contributed by atoms with Gasteiger partial charge in [-0.2, -0.15) is 0 Å². The standard InChI is InChI=1S/C22H30O5/c23-20-15-14-17(9-7-8-16-27-18-10-3-1-4-11-18)19(20)12-5-2-6-13-21(24)22(25)26/h1,3-4,10-11,14,19,21,24H,2,5-9,12-13,15-16H2,(H,25,26)/t19-,21?/m1/s1. The van der Waals surface area contributed by atoms with E-state index in [1.807, 2.05) is 30.3 Å². The van der Waals surface area contributed by atoms with Crippen LogP contribution in [0.15, 0.2) is 42.0 Å². The van der Waals surface area contributed by atoms with Gasteiger partial charge in [0.25, 0.3) is 0 Å². The van der Waals surface area contributed by atoms with E-state index in [4.69, 9.17) is 9.84 Å². The first-order chi connectivity index (χ1) is 13.1. The third-order valence-electron chi connectivity index (χ3n) is 5.03. The van der Waals surface area contributed by atoms with Crippen molar-refractivity contribution in [3.8, 4) is 5.75 Å². The van der Waals surface area contributed by atoms with Crippen LogP contribution < -0.4 is 4.74 Å². The molecule has 0 fully saturated rings.